The molecule has 0 atom stereocenters. The molecular formula is C14H12O4. The minimum absolute atomic E-state index is 0.266. The van der Waals surface area contributed by atoms with E-state index < -0.39 is 5.97 Å². The van der Waals surface area contributed by atoms with Crippen LogP contribution >= 0.6 is 0 Å². The molecule has 0 amide bonds. The summed E-state index contributed by atoms with van der Waals surface area (Å²) in [4.78, 5) is 10.6. The molecule has 0 saturated carbocycles. The molecule has 18 heavy (non-hydrogen) atoms. The number of rotatable bonds is 2. The van der Waals surface area contributed by atoms with Crippen molar-refractivity contribution in [1.29, 1.82) is 0 Å². The third-order valence-corrected chi connectivity index (χ3v) is 3.09. The minimum atomic E-state index is -0.895. The number of carboxylic acid groups (broad SMARTS) is 1. The summed E-state index contributed by atoms with van der Waals surface area (Å²) >= 11 is 0. The van der Waals surface area contributed by atoms with E-state index in [4.69, 9.17) is 14.6 Å². The van der Waals surface area contributed by atoms with Gasteiger partial charge in [-0.2, -0.15) is 0 Å². The van der Waals surface area contributed by atoms with Gasteiger partial charge in [0, 0.05) is 6.08 Å². The van der Waals surface area contributed by atoms with E-state index in [1.165, 1.54) is 6.08 Å². The second-order valence-electron chi connectivity index (χ2n) is 4.30. The van der Waals surface area contributed by atoms with Crippen molar-refractivity contribution in [3.8, 4) is 11.5 Å². The van der Waals surface area contributed by atoms with Gasteiger partial charge in [-0.1, -0.05) is 12.1 Å². The van der Waals surface area contributed by atoms with Crippen molar-refractivity contribution in [1.82, 2.24) is 0 Å². The van der Waals surface area contributed by atoms with Gasteiger partial charge >= 0.3 is 5.97 Å². The zero-order valence-corrected chi connectivity index (χ0v) is 9.68. The molecule has 0 radical (unpaired) electrons. The Kier molecular flexibility index (Phi) is 2.55. The molecule has 1 aromatic rings. The van der Waals surface area contributed by atoms with Gasteiger partial charge in [0.2, 0.25) is 6.79 Å². The van der Waals surface area contributed by atoms with E-state index in [9.17, 15) is 4.79 Å². The lowest BCUT2D eigenvalue weighted by atomic mass is 10.1. The first-order valence-corrected chi connectivity index (χ1v) is 5.76. The Bertz CT molecular complexity index is 569. The Morgan fingerprint density at radius 1 is 1.22 bits per heavy atom. The van der Waals surface area contributed by atoms with E-state index >= 15 is 0 Å². The van der Waals surface area contributed by atoms with Crippen LogP contribution in [-0.4, -0.2) is 17.9 Å². The largest absolute Gasteiger partial charge is 0.478 e. The number of carboxylic acids is 1. The molecule has 1 N–H and O–H groups in total. The first-order chi connectivity index (χ1) is 8.72. The molecule has 1 aromatic carbocycles. The quantitative estimate of drug-likeness (QED) is 0.812. The lowest BCUT2D eigenvalue weighted by Crippen LogP contribution is -1.92. The highest BCUT2D eigenvalue weighted by atomic mass is 16.7. The van der Waals surface area contributed by atoms with Crippen LogP contribution in [0.5, 0.6) is 11.5 Å². The predicted octanol–water partition coefficient (Wildman–Crippen LogP) is 2.60. The highest BCUT2D eigenvalue weighted by Crippen LogP contribution is 2.38. The van der Waals surface area contributed by atoms with E-state index in [-0.39, 0.29) is 6.79 Å². The fourth-order valence-electron chi connectivity index (χ4n) is 2.24. The average molecular weight is 244 g/mol. The molecule has 1 heterocycles. The zero-order valence-electron chi connectivity index (χ0n) is 9.68. The summed E-state index contributed by atoms with van der Waals surface area (Å²) in [6, 6.07) is 5.80. The monoisotopic (exact) mass is 244 g/mol. The molecule has 4 heteroatoms. The molecule has 1 aliphatic carbocycles. The molecule has 4 nitrogen and oxygen atoms in total. The molecule has 0 saturated heterocycles. The van der Waals surface area contributed by atoms with Gasteiger partial charge in [0.1, 0.15) is 0 Å². The van der Waals surface area contributed by atoms with Crippen molar-refractivity contribution in [2.24, 2.45) is 0 Å². The Morgan fingerprint density at radius 2 is 2.06 bits per heavy atom. The first-order valence-electron chi connectivity index (χ1n) is 5.76. The van der Waals surface area contributed by atoms with Crippen LogP contribution in [-0.2, 0) is 4.79 Å². The van der Waals surface area contributed by atoms with Crippen molar-refractivity contribution in [2.75, 3.05) is 6.79 Å². The smallest absolute Gasteiger partial charge is 0.328 e. The average Bonchev–Trinajstić information content (AvgIpc) is 2.95. The van der Waals surface area contributed by atoms with Crippen LogP contribution in [0.2, 0.25) is 0 Å². The van der Waals surface area contributed by atoms with E-state index in [1.54, 1.807) is 0 Å². The van der Waals surface area contributed by atoms with Crippen LogP contribution in [0.1, 0.15) is 18.4 Å². The maximum Gasteiger partial charge on any atom is 0.328 e. The van der Waals surface area contributed by atoms with Crippen molar-refractivity contribution in [2.45, 2.75) is 12.8 Å². The van der Waals surface area contributed by atoms with Crippen LogP contribution in [0, 0.1) is 0 Å². The second-order valence-corrected chi connectivity index (χ2v) is 4.30. The summed E-state index contributed by atoms with van der Waals surface area (Å²) in [5.41, 5.74) is 3.06. The van der Waals surface area contributed by atoms with E-state index in [0.717, 1.165) is 41.1 Å². The van der Waals surface area contributed by atoms with Crippen LogP contribution < -0.4 is 9.47 Å². The van der Waals surface area contributed by atoms with Crippen LogP contribution in [0.3, 0.4) is 0 Å². The maximum atomic E-state index is 10.6. The van der Waals surface area contributed by atoms with Gasteiger partial charge in [-0.3, -0.25) is 0 Å². The summed E-state index contributed by atoms with van der Waals surface area (Å²) in [7, 11) is 0. The van der Waals surface area contributed by atoms with E-state index in [1.807, 2.05) is 24.3 Å². The van der Waals surface area contributed by atoms with E-state index in [0.29, 0.717) is 0 Å². The molecule has 0 unspecified atom stereocenters. The fourth-order valence-corrected chi connectivity index (χ4v) is 2.24. The van der Waals surface area contributed by atoms with Crippen molar-refractivity contribution in [3.05, 3.63) is 41.5 Å². The normalized spacial score (nSPS) is 19.1. The number of aliphatic carboxylic acids is 1. The van der Waals surface area contributed by atoms with Crippen molar-refractivity contribution >= 4 is 11.5 Å². The van der Waals surface area contributed by atoms with Gasteiger partial charge in [-0.25, -0.2) is 4.79 Å². The molecule has 1 aliphatic heterocycles. The highest BCUT2D eigenvalue weighted by Gasteiger charge is 2.17. The second kappa shape index (κ2) is 4.22. The van der Waals surface area contributed by atoms with Crippen LogP contribution in [0.15, 0.2) is 35.9 Å². The number of allylic oxidation sites excluding steroid dienone is 3. The topological polar surface area (TPSA) is 55.8 Å². The molecule has 92 valence electrons. The van der Waals surface area contributed by atoms with Crippen molar-refractivity contribution < 1.29 is 19.4 Å². The Balaban J connectivity index is 1.90. The lowest BCUT2D eigenvalue weighted by Gasteiger charge is -2.02. The molecule has 0 fully saturated rings. The number of ether oxygens (including phenoxy) is 2. The number of hydrogen-bond acceptors (Lipinski definition) is 3. The lowest BCUT2D eigenvalue weighted by molar-refractivity contribution is -0.131. The number of carbonyl (C=O) groups is 1. The van der Waals surface area contributed by atoms with Gasteiger partial charge in [-0.05, 0) is 41.7 Å². The third kappa shape index (κ3) is 1.97. The Hall–Kier alpha value is -2.23. The highest BCUT2D eigenvalue weighted by molar-refractivity contribution is 5.83. The summed E-state index contributed by atoms with van der Waals surface area (Å²) in [5.74, 6) is 0.621. The Labute approximate surface area is 104 Å². The maximum absolute atomic E-state index is 10.6. The Morgan fingerprint density at radius 3 is 2.89 bits per heavy atom. The fraction of sp³-hybridized carbons (Fsp3) is 0.214. The molecule has 0 bridgehead atoms. The van der Waals surface area contributed by atoms with Crippen LogP contribution in [0.25, 0.3) is 5.57 Å². The molecule has 0 aromatic heterocycles. The van der Waals surface area contributed by atoms with E-state index in [2.05, 4.69) is 0 Å². The van der Waals surface area contributed by atoms with Gasteiger partial charge in [0.15, 0.2) is 11.5 Å². The predicted molar refractivity (Wildman–Crippen MR) is 65.5 cm³/mol. The van der Waals surface area contributed by atoms with Gasteiger partial charge in [0.05, 0.1) is 0 Å². The third-order valence-electron chi connectivity index (χ3n) is 3.09. The number of hydrogen-bond donors (Lipinski definition) is 1. The standard InChI is InChI=1S/C14H12O4/c15-14(16)6-9-1-2-10(5-9)11-3-4-12-13(7-11)18-8-17-12/h3-7H,1-2,8H2,(H,15,16)/b9-6+. The molecule has 0 spiro atoms. The summed E-state index contributed by atoms with van der Waals surface area (Å²) < 4.78 is 10.6. The molecular weight excluding hydrogens is 232 g/mol. The summed E-state index contributed by atoms with van der Waals surface area (Å²) in [6.45, 7) is 0.266. The first kappa shape index (κ1) is 10.9. The molecule has 2 aliphatic rings. The van der Waals surface area contributed by atoms with Crippen LogP contribution in [0.4, 0.5) is 0 Å². The summed E-state index contributed by atoms with van der Waals surface area (Å²) in [6.07, 6.45) is 4.83. The number of fused-ring (bicyclic) bond motifs is 1. The van der Waals surface area contributed by atoms with Gasteiger partial charge in [0.25, 0.3) is 0 Å². The zero-order chi connectivity index (χ0) is 12.5. The van der Waals surface area contributed by atoms with Gasteiger partial charge < -0.3 is 14.6 Å². The number of benzene rings is 1. The van der Waals surface area contributed by atoms with Gasteiger partial charge in [-0.15, -0.1) is 0 Å². The SMILES string of the molecule is O=C(O)/C=C1/C=C(c2ccc3c(c2)OCO3)CC1. The summed E-state index contributed by atoms with van der Waals surface area (Å²) in [5, 5.41) is 8.72. The van der Waals surface area contributed by atoms with Crippen molar-refractivity contribution in [3.63, 3.8) is 0 Å². The minimum Gasteiger partial charge on any atom is -0.478 e. The molecule has 3 rings (SSSR count).